The summed E-state index contributed by atoms with van der Waals surface area (Å²) in [6.45, 7) is 0. The Morgan fingerprint density at radius 1 is 1.14 bits per heavy atom. The number of benzene rings is 2. The topological polar surface area (TPSA) is 61.1 Å². The molecule has 2 heterocycles. The predicted molar refractivity (Wildman–Crippen MR) is 116 cm³/mol. The molecule has 1 N–H and O–H groups in total. The fourth-order valence-corrected chi connectivity index (χ4v) is 4.33. The van der Waals surface area contributed by atoms with Crippen LogP contribution < -0.4 is 10.1 Å². The Hall–Kier alpha value is -3.06. The highest BCUT2D eigenvalue weighted by Crippen LogP contribution is 2.31. The van der Waals surface area contributed by atoms with Gasteiger partial charge in [-0.05, 0) is 39.7 Å². The molecule has 7 heteroatoms. The van der Waals surface area contributed by atoms with Gasteiger partial charge in [-0.15, -0.1) is 0 Å². The van der Waals surface area contributed by atoms with Crippen molar-refractivity contribution < 1.29 is 9.53 Å². The molecule has 2 aromatic carbocycles. The van der Waals surface area contributed by atoms with Crippen LogP contribution in [-0.4, -0.2) is 27.1 Å². The van der Waals surface area contributed by atoms with Crippen LogP contribution in [0.1, 0.15) is 27.9 Å². The average molecular weight is 453 g/mol. The maximum atomic E-state index is 13.3. The lowest BCUT2D eigenvalue weighted by Gasteiger charge is -2.20. The second-order valence-corrected chi connectivity index (χ2v) is 7.61. The lowest BCUT2D eigenvalue weighted by atomic mass is 10.1. The van der Waals surface area contributed by atoms with Crippen LogP contribution in [0.25, 0.3) is 10.9 Å². The van der Waals surface area contributed by atoms with Gasteiger partial charge in [0, 0.05) is 37.4 Å². The number of amides is 1. The number of para-hydroxylation sites is 1. The molecule has 148 valence electrons. The SMILES string of the molecule is COc1ccc(C(NC(=O)c2c(Br)c3ccccc3n2C)c2nccn2C)cc1. The molecular weight excluding hydrogens is 432 g/mol. The highest BCUT2D eigenvalue weighted by molar-refractivity contribution is 9.10. The van der Waals surface area contributed by atoms with Gasteiger partial charge in [-0.25, -0.2) is 4.98 Å². The molecule has 0 fully saturated rings. The van der Waals surface area contributed by atoms with Crippen LogP contribution in [0.2, 0.25) is 0 Å². The Morgan fingerprint density at radius 2 is 1.86 bits per heavy atom. The van der Waals surface area contributed by atoms with Crippen molar-refractivity contribution in [1.29, 1.82) is 0 Å². The number of nitrogens with zero attached hydrogens (tertiary/aromatic N) is 3. The lowest BCUT2D eigenvalue weighted by Crippen LogP contribution is -2.32. The molecule has 0 saturated carbocycles. The van der Waals surface area contributed by atoms with Gasteiger partial charge in [0.15, 0.2) is 0 Å². The molecule has 0 bridgehead atoms. The molecule has 4 rings (SSSR count). The number of ether oxygens (including phenoxy) is 1. The van der Waals surface area contributed by atoms with Crippen molar-refractivity contribution in [3.63, 3.8) is 0 Å². The highest BCUT2D eigenvalue weighted by Gasteiger charge is 2.25. The number of carbonyl (C=O) groups is 1. The number of methoxy groups -OCH3 is 1. The van der Waals surface area contributed by atoms with Crippen LogP contribution in [0.3, 0.4) is 0 Å². The Bertz CT molecular complexity index is 1140. The van der Waals surface area contributed by atoms with Crippen molar-refractivity contribution in [3.8, 4) is 5.75 Å². The molecule has 2 aromatic heterocycles. The minimum Gasteiger partial charge on any atom is -0.497 e. The number of rotatable bonds is 5. The van der Waals surface area contributed by atoms with Crippen molar-refractivity contribution >= 4 is 32.7 Å². The van der Waals surface area contributed by atoms with E-state index in [1.165, 1.54) is 0 Å². The Kier molecular flexibility index (Phi) is 5.15. The molecular formula is C22H21BrN4O2. The first kappa shape index (κ1) is 19.3. The molecule has 1 atom stereocenters. The summed E-state index contributed by atoms with van der Waals surface area (Å²) >= 11 is 3.61. The summed E-state index contributed by atoms with van der Waals surface area (Å²) in [4.78, 5) is 17.8. The van der Waals surface area contributed by atoms with Crippen molar-refractivity contribution in [3.05, 3.63) is 82.5 Å². The van der Waals surface area contributed by atoms with Crippen LogP contribution in [0.5, 0.6) is 5.75 Å². The van der Waals surface area contributed by atoms with Gasteiger partial charge in [0.25, 0.3) is 5.91 Å². The zero-order chi connectivity index (χ0) is 20.5. The fraction of sp³-hybridized carbons (Fsp3) is 0.182. The van der Waals surface area contributed by atoms with E-state index in [1.54, 1.807) is 13.3 Å². The minimum atomic E-state index is -0.404. The number of halogens is 1. The largest absolute Gasteiger partial charge is 0.497 e. The van der Waals surface area contributed by atoms with E-state index >= 15 is 0 Å². The zero-order valence-electron chi connectivity index (χ0n) is 16.4. The van der Waals surface area contributed by atoms with Gasteiger partial charge in [0.05, 0.1) is 11.6 Å². The highest BCUT2D eigenvalue weighted by atomic mass is 79.9. The maximum absolute atomic E-state index is 13.3. The fourth-order valence-electron chi connectivity index (χ4n) is 3.55. The third kappa shape index (κ3) is 3.42. The van der Waals surface area contributed by atoms with Gasteiger partial charge in [0.2, 0.25) is 0 Å². The number of carbonyl (C=O) groups excluding carboxylic acids is 1. The van der Waals surface area contributed by atoms with Crippen LogP contribution >= 0.6 is 15.9 Å². The lowest BCUT2D eigenvalue weighted by molar-refractivity contribution is 0.0932. The second kappa shape index (κ2) is 7.75. The number of nitrogens with one attached hydrogen (secondary N) is 1. The summed E-state index contributed by atoms with van der Waals surface area (Å²) in [6.07, 6.45) is 3.59. The molecule has 0 spiro atoms. The molecule has 0 aliphatic rings. The number of fused-ring (bicyclic) bond motifs is 1. The van der Waals surface area contributed by atoms with E-state index in [0.29, 0.717) is 5.69 Å². The van der Waals surface area contributed by atoms with Crippen LogP contribution in [0.4, 0.5) is 0 Å². The summed E-state index contributed by atoms with van der Waals surface area (Å²) in [5.74, 6) is 1.33. The van der Waals surface area contributed by atoms with E-state index in [4.69, 9.17) is 4.74 Å². The van der Waals surface area contributed by atoms with E-state index < -0.39 is 6.04 Å². The summed E-state index contributed by atoms with van der Waals surface area (Å²) in [5.41, 5.74) is 2.48. The van der Waals surface area contributed by atoms with E-state index in [0.717, 1.165) is 32.5 Å². The van der Waals surface area contributed by atoms with Crippen molar-refractivity contribution in [2.45, 2.75) is 6.04 Å². The molecule has 6 nitrogen and oxygen atoms in total. The van der Waals surface area contributed by atoms with Gasteiger partial charge < -0.3 is 19.2 Å². The molecule has 29 heavy (non-hydrogen) atoms. The van der Waals surface area contributed by atoms with Crippen LogP contribution in [-0.2, 0) is 14.1 Å². The Morgan fingerprint density at radius 3 is 2.48 bits per heavy atom. The van der Waals surface area contributed by atoms with E-state index in [9.17, 15) is 4.79 Å². The molecule has 0 aliphatic heterocycles. The van der Waals surface area contributed by atoms with Crippen molar-refractivity contribution in [2.24, 2.45) is 14.1 Å². The monoisotopic (exact) mass is 452 g/mol. The third-order valence-electron chi connectivity index (χ3n) is 5.10. The van der Waals surface area contributed by atoms with E-state index in [2.05, 4.69) is 26.2 Å². The summed E-state index contributed by atoms with van der Waals surface area (Å²) in [5, 5.41) is 4.16. The van der Waals surface area contributed by atoms with Crippen LogP contribution in [0.15, 0.2) is 65.4 Å². The van der Waals surface area contributed by atoms with E-state index in [-0.39, 0.29) is 5.91 Å². The number of hydrogen-bond donors (Lipinski definition) is 1. The van der Waals surface area contributed by atoms with E-state index in [1.807, 2.05) is 78.0 Å². The Labute approximate surface area is 177 Å². The number of aromatic nitrogens is 3. The standard InChI is InChI=1S/C22H21BrN4O2/c1-26-13-12-24-21(26)19(14-8-10-15(29-3)11-9-14)25-22(28)20-18(23)16-6-4-5-7-17(16)27(20)2/h4-13,19H,1-3H3,(H,25,28). The summed E-state index contributed by atoms with van der Waals surface area (Å²) in [7, 11) is 5.44. The zero-order valence-corrected chi connectivity index (χ0v) is 18.0. The second-order valence-electron chi connectivity index (χ2n) is 6.81. The van der Waals surface area contributed by atoms with Crippen molar-refractivity contribution in [2.75, 3.05) is 7.11 Å². The molecule has 1 unspecified atom stereocenters. The first-order chi connectivity index (χ1) is 14.0. The van der Waals surface area contributed by atoms with Crippen molar-refractivity contribution in [1.82, 2.24) is 19.4 Å². The summed E-state index contributed by atoms with van der Waals surface area (Å²) < 4.78 is 9.85. The first-order valence-electron chi connectivity index (χ1n) is 9.16. The molecule has 1 amide bonds. The minimum absolute atomic E-state index is 0.181. The molecule has 0 saturated heterocycles. The molecule has 0 aliphatic carbocycles. The normalized spacial score (nSPS) is 12.1. The number of imidazole rings is 1. The molecule has 0 radical (unpaired) electrons. The average Bonchev–Trinajstić information content (AvgIpc) is 3.27. The van der Waals surface area contributed by atoms with Gasteiger partial charge in [-0.1, -0.05) is 30.3 Å². The maximum Gasteiger partial charge on any atom is 0.269 e. The quantitative estimate of drug-likeness (QED) is 0.493. The molecule has 4 aromatic rings. The number of aryl methyl sites for hydroxylation is 2. The van der Waals surface area contributed by atoms with Gasteiger partial charge in [-0.2, -0.15) is 0 Å². The van der Waals surface area contributed by atoms with Gasteiger partial charge >= 0.3 is 0 Å². The smallest absolute Gasteiger partial charge is 0.269 e. The first-order valence-corrected chi connectivity index (χ1v) is 9.95. The predicted octanol–water partition coefficient (Wildman–Crippen LogP) is 4.20. The third-order valence-corrected chi connectivity index (χ3v) is 5.90. The van der Waals surface area contributed by atoms with Gasteiger partial charge in [-0.3, -0.25) is 4.79 Å². The van der Waals surface area contributed by atoms with Gasteiger partial charge in [0.1, 0.15) is 23.3 Å². The summed E-state index contributed by atoms with van der Waals surface area (Å²) in [6, 6.07) is 15.1. The van der Waals surface area contributed by atoms with Crippen LogP contribution in [0, 0.1) is 0 Å². The Balaban J connectivity index is 1.75. The number of hydrogen-bond acceptors (Lipinski definition) is 3.